The molecule has 1 heterocycles. The van der Waals surface area contributed by atoms with Gasteiger partial charge in [0.2, 0.25) is 10.0 Å². The molecule has 5 nitrogen and oxygen atoms in total. The molecule has 1 unspecified atom stereocenters. The van der Waals surface area contributed by atoms with Crippen LogP contribution in [0.25, 0.3) is 0 Å². The standard InChI is InChI=1S/C12H20N2O3S/c1-10(8-13-2)18(15,16)14(11-5-6-11)9-12-4-3-7-17-12/h3-4,7,10-11,13H,5-6,8-9H2,1-2H3. The molecule has 0 radical (unpaired) electrons. The second-order valence-corrected chi connectivity index (χ2v) is 7.07. The average Bonchev–Trinajstić information content (AvgIpc) is 3.03. The van der Waals surface area contributed by atoms with Crippen LogP contribution < -0.4 is 5.32 Å². The fraction of sp³-hybridized carbons (Fsp3) is 0.667. The van der Waals surface area contributed by atoms with Crippen molar-refractivity contribution in [3.8, 4) is 0 Å². The Morgan fingerprint density at radius 3 is 2.78 bits per heavy atom. The lowest BCUT2D eigenvalue weighted by atomic mass is 10.4. The molecule has 18 heavy (non-hydrogen) atoms. The van der Waals surface area contributed by atoms with E-state index < -0.39 is 15.3 Å². The second-order valence-electron chi connectivity index (χ2n) is 4.77. The van der Waals surface area contributed by atoms with Gasteiger partial charge in [-0.05, 0) is 38.9 Å². The van der Waals surface area contributed by atoms with E-state index in [9.17, 15) is 8.42 Å². The van der Waals surface area contributed by atoms with Crippen molar-refractivity contribution in [1.82, 2.24) is 9.62 Å². The Kier molecular flexibility index (Phi) is 4.09. The fourth-order valence-electron chi connectivity index (χ4n) is 1.97. The van der Waals surface area contributed by atoms with E-state index >= 15 is 0 Å². The summed E-state index contributed by atoms with van der Waals surface area (Å²) in [6.07, 6.45) is 3.47. The first kappa shape index (κ1) is 13.6. The van der Waals surface area contributed by atoms with Crippen LogP contribution in [0.5, 0.6) is 0 Å². The number of sulfonamides is 1. The van der Waals surface area contributed by atoms with Crippen molar-refractivity contribution in [2.24, 2.45) is 0 Å². The average molecular weight is 272 g/mol. The van der Waals surface area contributed by atoms with Crippen molar-refractivity contribution in [3.63, 3.8) is 0 Å². The molecule has 0 amide bonds. The van der Waals surface area contributed by atoms with Crippen LogP contribution in [-0.4, -0.2) is 37.6 Å². The van der Waals surface area contributed by atoms with E-state index in [4.69, 9.17) is 4.42 Å². The summed E-state index contributed by atoms with van der Waals surface area (Å²) in [4.78, 5) is 0. The highest BCUT2D eigenvalue weighted by Crippen LogP contribution is 2.32. The Morgan fingerprint density at radius 1 is 1.56 bits per heavy atom. The zero-order valence-electron chi connectivity index (χ0n) is 10.8. The van der Waals surface area contributed by atoms with Gasteiger partial charge in [0.05, 0.1) is 18.1 Å². The van der Waals surface area contributed by atoms with Crippen LogP contribution in [-0.2, 0) is 16.6 Å². The minimum atomic E-state index is -3.27. The van der Waals surface area contributed by atoms with Crippen LogP contribution in [0.3, 0.4) is 0 Å². The molecule has 0 spiro atoms. The van der Waals surface area contributed by atoms with Crippen LogP contribution in [0.15, 0.2) is 22.8 Å². The Balaban J connectivity index is 2.14. The topological polar surface area (TPSA) is 62.6 Å². The van der Waals surface area contributed by atoms with E-state index in [1.54, 1.807) is 30.6 Å². The van der Waals surface area contributed by atoms with Gasteiger partial charge in [-0.2, -0.15) is 4.31 Å². The van der Waals surface area contributed by atoms with Crippen molar-refractivity contribution in [1.29, 1.82) is 0 Å². The summed E-state index contributed by atoms with van der Waals surface area (Å²) in [6.45, 7) is 2.54. The number of hydrogen-bond donors (Lipinski definition) is 1. The second kappa shape index (κ2) is 5.42. The number of rotatable bonds is 7. The minimum absolute atomic E-state index is 0.152. The van der Waals surface area contributed by atoms with Crippen molar-refractivity contribution in [2.45, 2.75) is 37.6 Å². The first-order valence-electron chi connectivity index (χ1n) is 6.23. The Hall–Kier alpha value is -0.850. The van der Waals surface area contributed by atoms with Gasteiger partial charge in [-0.3, -0.25) is 0 Å². The van der Waals surface area contributed by atoms with Crippen molar-refractivity contribution >= 4 is 10.0 Å². The van der Waals surface area contributed by atoms with Gasteiger partial charge in [0.25, 0.3) is 0 Å². The summed E-state index contributed by atoms with van der Waals surface area (Å²) in [5, 5.41) is 2.50. The normalized spacial score (nSPS) is 18.2. The van der Waals surface area contributed by atoms with E-state index in [1.165, 1.54) is 0 Å². The van der Waals surface area contributed by atoms with Crippen molar-refractivity contribution < 1.29 is 12.8 Å². The van der Waals surface area contributed by atoms with E-state index in [-0.39, 0.29) is 6.04 Å². The van der Waals surface area contributed by atoms with Crippen LogP contribution in [0, 0.1) is 0 Å². The highest BCUT2D eigenvalue weighted by molar-refractivity contribution is 7.89. The molecule has 1 N–H and O–H groups in total. The fourth-order valence-corrected chi connectivity index (χ4v) is 3.74. The lowest BCUT2D eigenvalue weighted by Crippen LogP contribution is -2.42. The quantitative estimate of drug-likeness (QED) is 0.809. The lowest BCUT2D eigenvalue weighted by molar-refractivity contribution is 0.352. The zero-order valence-corrected chi connectivity index (χ0v) is 11.6. The molecule has 6 heteroatoms. The predicted octanol–water partition coefficient (Wildman–Crippen LogP) is 1.18. The van der Waals surface area contributed by atoms with Gasteiger partial charge in [0.1, 0.15) is 5.76 Å². The van der Waals surface area contributed by atoms with Crippen LogP contribution in [0.2, 0.25) is 0 Å². The SMILES string of the molecule is CNCC(C)S(=O)(=O)N(Cc1ccco1)C1CC1. The maximum Gasteiger partial charge on any atom is 0.218 e. The molecule has 1 fully saturated rings. The smallest absolute Gasteiger partial charge is 0.218 e. The Bertz CT molecular complexity index is 466. The lowest BCUT2D eigenvalue weighted by Gasteiger charge is -2.24. The first-order chi connectivity index (χ1) is 8.55. The van der Waals surface area contributed by atoms with Gasteiger partial charge in [-0.25, -0.2) is 8.42 Å². The van der Waals surface area contributed by atoms with Crippen molar-refractivity contribution in [3.05, 3.63) is 24.2 Å². The summed E-state index contributed by atoms with van der Waals surface area (Å²) in [5.74, 6) is 0.696. The third-order valence-corrected chi connectivity index (χ3v) is 5.44. The molecule has 0 bridgehead atoms. The molecule has 1 aliphatic carbocycles. The molecule has 1 aromatic heterocycles. The van der Waals surface area contributed by atoms with Gasteiger partial charge in [0, 0.05) is 12.6 Å². The highest BCUT2D eigenvalue weighted by Gasteiger charge is 2.40. The predicted molar refractivity (Wildman–Crippen MR) is 69.6 cm³/mol. The van der Waals surface area contributed by atoms with E-state index in [1.807, 2.05) is 6.07 Å². The molecule has 2 rings (SSSR count). The highest BCUT2D eigenvalue weighted by atomic mass is 32.2. The monoisotopic (exact) mass is 272 g/mol. The Labute approximate surface area is 108 Å². The van der Waals surface area contributed by atoms with Gasteiger partial charge in [0.15, 0.2) is 0 Å². The number of nitrogens with one attached hydrogen (secondary N) is 1. The van der Waals surface area contributed by atoms with E-state index in [0.717, 1.165) is 12.8 Å². The molecule has 102 valence electrons. The van der Waals surface area contributed by atoms with E-state index in [2.05, 4.69) is 5.32 Å². The number of hydrogen-bond acceptors (Lipinski definition) is 4. The van der Waals surface area contributed by atoms with Crippen LogP contribution in [0.4, 0.5) is 0 Å². The van der Waals surface area contributed by atoms with Gasteiger partial charge in [-0.15, -0.1) is 0 Å². The third-order valence-electron chi connectivity index (χ3n) is 3.17. The third kappa shape index (κ3) is 2.93. The van der Waals surface area contributed by atoms with Gasteiger partial charge in [-0.1, -0.05) is 0 Å². The molecule has 1 aliphatic rings. The van der Waals surface area contributed by atoms with E-state index in [0.29, 0.717) is 18.8 Å². The summed E-state index contributed by atoms with van der Waals surface area (Å²) in [6, 6.07) is 3.75. The summed E-state index contributed by atoms with van der Waals surface area (Å²) in [5.41, 5.74) is 0. The summed E-state index contributed by atoms with van der Waals surface area (Å²) in [7, 11) is -1.50. The molecule has 1 aromatic rings. The van der Waals surface area contributed by atoms with Crippen molar-refractivity contribution in [2.75, 3.05) is 13.6 Å². The summed E-state index contributed by atoms with van der Waals surface area (Å²) < 4.78 is 31.8. The van der Waals surface area contributed by atoms with Gasteiger partial charge >= 0.3 is 0 Å². The molecular formula is C12H20N2O3S. The largest absolute Gasteiger partial charge is 0.468 e. The zero-order chi connectivity index (χ0) is 13.2. The molecular weight excluding hydrogens is 252 g/mol. The van der Waals surface area contributed by atoms with Gasteiger partial charge < -0.3 is 9.73 Å². The first-order valence-corrected chi connectivity index (χ1v) is 7.73. The number of furan rings is 1. The molecule has 1 atom stereocenters. The van der Waals surface area contributed by atoms with Crippen LogP contribution >= 0.6 is 0 Å². The molecule has 0 aliphatic heterocycles. The maximum absolute atomic E-state index is 12.5. The molecule has 0 aromatic carbocycles. The molecule has 1 saturated carbocycles. The molecule has 0 saturated heterocycles. The minimum Gasteiger partial charge on any atom is -0.468 e. The number of nitrogens with zero attached hydrogens (tertiary/aromatic N) is 1. The van der Waals surface area contributed by atoms with Crippen LogP contribution in [0.1, 0.15) is 25.5 Å². The summed E-state index contributed by atoms with van der Waals surface area (Å²) >= 11 is 0. The Morgan fingerprint density at radius 2 is 2.28 bits per heavy atom. The maximum atomic E-state index is 12.5.